The molecule has 3 atom stereocenters. The van der Waals surface area contributed by atoms with E-state index in [0.717, 1.165) is 22.6 Å². The van der Waals surface area contributed by atoms with Crippen molar-refractivity contribution in [2.75, 3.05) is 31.1 Å². The van der Waals surface area contributed by atoms with Crippen molar-refractivity contribution in [2.45, 2.75) is 32.2 Å². The van der Waals surface area contributed by atoms with E-state index in [2.05, 4.69) is 10.2 Å². The van der Waals surface area contributed by atoms with Crippen LogP contribution < -0.4 is 20.5 Å². The Kier molecular flexibility index (Phi) is 6.75. The molecule has 4 amide bonds. The summed E-state index contributed by atoms with van der Waals surface area (Å²) in [6, 6.07) is 20.7. The van der Waals surface area contributed by atoms with Gasteiger partial charge in [0.25, 0.3) is 11.5 Å². The number of aromatic nitrogens is 1. The number of piperidine rings is 1. The molecule has 40 heavy (non-hydrogen) atoms. The Balaban J connectivity index is 1.36. The van der Waals surface area contributed by atoms with Gasteiger partial charge in [0, 0.05) is 43.9 Å². The molecule has 9 nitrogen and oxygen atoms in total. The molecule has 2 aromatic carbocycles. The van der Waals surface area contributed by atoms with Crippen LogP contribution in [0.15, 0.2) is 77.6 Å². The molecule has 9 heteroatoms. The first kappa shape index (κ1) is 26.0. The molecule has 2 bridgehead atoms. The number of fused-ring (bicyclic) bond motifs is 4. The number of pyridine rings is 1. The van der Waals surface area contributed by atoms with Crippen LogP contribution in [-0.4, -0.2) is 53.6 Å². The number of anilines is 1. The summed E-state index contributed by atoms with van der Waals surface area (Å²) in [7, 11) is 0. The third kappa shape index (κ3) is 4.60. The molecule has 0 radical (unpaired) electrons. The number of barbiturate groups is 1. The van der Waals surface area contributed by atoms with Gasteiger partial charge in [-0.25, -0.2) is 9.69 Å². The van der Waals surface area contributed by atoms with Gasteiger partial charge in [-0.3, -0.25) is 19.7 Å². The summed E-state index contributed by atoms with van der Waals surface area (Å²) < 4.78 is 7.44. The lowest BCUT2D eigenvalue weighted by Gasteiger charge is -2.47. The van der Waals surface area contributed by atoms with Crippen molar-refractivity contribution in [3.63, 3.8) is 0 Å². The maximum absolute atomic E-state index is 14.4. The van der Waals surface area contributed by atoms with Crippen LogP contribution in [0.3, 0.4) is 0 Å². The number of nitrogens with one attached hydrogen (secondary N) is 1. The van der Waals surface area contributed by atoms with E-state index >= 15 is 0 Å². The highest BCUT2D eigenvalue weighted by molar-refractivity contribution is 6.30. The van der Waals surface area contributed by atoms with Crippen molar-refractivity contribution in [3.05, 3.63) is 94.4 Å². The van der Waals surface area contributed by atoms with Gasteiger partial charge in [0.15, 0.2) is 0 Å². The van der Waals surface area contributed by atoms with Crippen molar-refractivity contribution in [2.24, 2.45) is 11.3 Å². The van der Waals surface area contributed by atoms with Crippen LogP contribution in [0.2, 0.25) is 0 Å². The van der Waals surface area contributed by atoms with Crippen LogP contribution in [0.5, 0.6) is 5.75 Å². The van der Waals surface area contributed by atoms with Gasteiger partial charge in [0.05, 0.1) is 12.3 Å². The summed E-state index contributed by atoms with van der Waals surface area (Å²) >= 11 is 0. The van der Waals surface area contributed by atoms with Gasteiger partial charge in [-0.2, -0.15) is 0 Å². The Morgan fingerprint density at radius 3 is 2.42 bits per heavy atom. The molecule has 1 N–H and O–H groups in total. The molecule has 6 rings (SSSR count). The van der Waals surface area contributed by atoms with Gasteiger partial charge in [0.1, 0.15) is 11.2 Å². The summed E-state index contributed by atoms with van der Waals surface area (Å²) in [6.07, 6.45) is 1.09. The second kappa shape index (κ2) is 10.4. The number of para-hydroxylation sites is 1. The molecule has 0 unspecified atom stereocenters. The molecule has 206 valence electrons. The molecule has 3 aliphatic rings. The van der Waals surface area contributed by atoms with Gasteiger partial charge >= 0.3 is 6.03 Å². The van der Waals surface area contributed by atoms with Gasteiger partial charge < -0.3 is 14.2 Å². The number of ether oxygens (including phenoxy) is 1. The highest BCUT2D eigenvalue weighted by Gasteiger charge is 2.55. The molecule has 0 aliphatic carbocycles. The van der Waals surface area contributed by atoms with Gasteiger partial charge in [-0.1, -0.05) is 36.4 Å². The second-order valence-electron chi connectivity index (χ2n) is 11.0. The molecule has 1 aromatic heterocycles. The lowest BCUT2D eigenvalue weighted by atomic mass is 9.75. The van der Waals surface area contributed by atoms with Crippen LogP contribution in [-0.2, 0) is 22.6 Å². The van der Waals surface area contributed by atoms with Crippen molar-refractivity contribution in [3.8, 4) is 5.75 Å². The average Bonchev–Trinajstić information content (AvgIpc) is 2.94. The largest absolute Gasteiger partial charge is 0.494 e. The smallest absolute Gasteiger partial charge is 0.335 e. The first-order valence-electron chi connectivity index (χ1n) is 13.8. The minimum absolute atomic E-state index is 0.00599. The Bertz CT molecular complexity index is 1500. The number of amides is 4. The quantitative estimate of drug-likeness (QED) is 0.462. The Hall–Kier alpha value is -4.24. The predicted octanol–water partition coefficient (Wildman–Crippen LogP) is 3.18. The number of benzene rings is 2. The van der Waals surface area contributed by atoms with Crippen LogP contribution in [0.25, 0.3) is 0 Å². The Morgan fingerprint density at radius 2 is 1.68 bits per heavy atom. The Labute approximate surface area is 232 Å². The van der Waals surface area contributed by atoms with Gasteiger partial charge in [-0.15, -0.1) is 0 Å². The van der Waals surface area contributed by atoms with Crippen molar-refractivity contribution >= 4 is 23.5 Å². The normalized spacial score (nSPS) is 24.4. The molecule has 3 aromatic rings. The topological polar surface area (TPSA) is 101 Å². The third-order valence-electron chi connectivity index (χ3n) is 8.27. The number of urea groups is 1. The fourth-order valence-corrected chi connectivity index (χ4v) is 6.56. The number of imide groups is 2. The van der Waals surface area contributed by atoms with E-state index in [9.17, 15) is 19.2 Å². The fraction of sp³-hybridized carbons (Fsp3) is 0.355. The minimum Gasteiger partial charge on any atom is -0.494 e. The lowest BCUT2D eigenvalue weighted by molar-refractivity contribution is -0.144. The maximum atomic E-state index is 14.4. The number of hydrogen-bond acceptors (Lipinski definition) is 6. The number of nitrogens with zero attached hydrogens (tertiary/aromatic N) is 3. The van der Waals surface area contributed by atoms with Crippen LogP contribution in [0.4, 0.5) is 10.5 Å². The second-order valence-corrected chi connectivity index (χ2v) is 11.0. The number of rotatable bonds is 7. The average molecular weight is 541 g/mol. The van der Waals surface area contributed by atoms with Crippen molar-refractivity contribution in [1.29, 1.82) is 0 Å². The maximum Gasteiger partial charge on any atom is 0.335 e. The molecule has 4 heterocycles. The van der Waals surface area contributed by atoms with E-state index in [1.807, 2.05) is 47.9 Å². The summed E-state index contributed by atoms with van der Waals surface area (Å²) in [4.78, 5) is 56.9. The van der Waals surface area contributed by atoms with E-state index in [0.29, 0.717) is 37.7 Å². The monoisotopic (exact) mass is 540 g/mol. The zero-order valence-electron chi connectivity index (χ0n) is 22.4. The van der Waals surface area contributed by atoms with Crippen LogP contribution >= 0.6 is 0 Å². The van der Waals surface area contributed by atoms with Crippen molar-refractivity contribution in [1.82, 2.24) is 14.8 Å². The zero-order valence-corrected chi connectivity index (χ0v) is 22.4. The highest BCUT2D eigenvalue weighted by Crippen LogP contribution is 2.39. The van der Waals surface area contributed by atoms with Crippen LogP contribution in [0, 0.1) is 11.3 Å². The first-order chi connectivity index (χ1) is 19.4. The van der Waals surface area contributed by atoms with E-state index in [-0.39, 0.29) is 30.4 Å². The van der Waals surface area contributed by atoms with E-state index in [1.54, 1.807) is 36.4 Å². The standard InChI is InChI=1S/C31H32N4O5/c1-2-40-25-13-11-21(12-14-25)16-31(28(37)32-30(39)35(29(31)38)24-7-4-3-5-8-24)20-33-17-22-15-23(19-33)26-9-6-10-27(36)34(26)18-22/h3-14,22-23H,2,15-20H2,1H3,(H,32,37,39)/t22-,23-,31-/m0/s1. The van der Waals surface area contributed by atoms with Crippen molar-refractivity contribution < 1.29 is 19.1 Å². The lowest BCUT2D eigenvalue weighted by Crippen LogP contribution is -2.68. The summed E-state index contributed by atoms with van der Waals surface area (Å²) in [5, 5.41) is 2.49. The minimum atomic E-state index is -1.53. The molecule has 2 saturated heterocycles. The molecule has 0 spiro atoms. The number of hydrogen-bond donors (Lipinski definition) is 1. The first-order valence-corrected chi connectivity index (χ1v) is 13.8. The van der Waals surface area contributed by atoms with E-state index < -0.39 is 23.3 Å². The van der Waals surface area contributed by atoms with E-state index in [1.165, 1.54) is 0 Å². The molecular weight excluding hydrogens is 508 g/mol. The molecule has 3 aliphatic heterocycles. The van der Waals surface area contributed by atoms with Gasteiger partial charge in [0.2, 0.25) is 5.91 Å². The summed E-state index contributed by atoms with van der Waals surface area (Å²) in [6.45, 7) is 4.48. The molecule has 0 saturated carbocycles. The third-order valence-corrected chi connectivity index (χ3v) is 8.27. The predicted molar refractivity (Wildman–Crippen MR) is 149 cm³/mol. The Morgan fingerprint density at radius 1 is 0.900 bits per heavy atom. The SMILES string of the molecule is CCOc1ccc(C[C@]2(CN3C[C@@H]4C[C@@H](C3)c3cccc(=O)n3C4)C(=O)NC(=O)N(c3ccccc3)C2=O)cc1. The highest BCUT2D eigenvalue weighted by atomic mass is 16.5. The molecular formula is C31H32N4O5. The van der Waals surface area contributed by atoms with Crippen LogP contribution in [0.1, 0.15) is 30.5 Å². The summed E-state index contributed by atoms with van der Waals surface area (Å²) in [5.74, 6) is -0.0665. The number of likely N-dealkylation sites (tertiary alicyclic amines) is 1. The van der Waals surface area contributed by atoms with E-state index in [4.69, 9.17) is 4.74 Å². The number of carbonyl (C=O) groups excluding carboxylic acids is 3. The number of carbonyl (C=O) groups is 3. The summed E-state index contributed by atoms with van der Waals surface area (Å²) in [5.41, 5.74) is 0.681. The molecule has 2 fully saturated rings. The fourth-order valence-electron chi connectivity index (χ4n) is 6.56. The van der Waals surface area contributed by atoms with Gasteiger partial charge in [-0.05, 0) is 61.6 Å². The zero-order chi connectivity index (χ0) is 27.9.